The van der Waals surface area contributed by atoms with Crippen LogP contribution in [0.25, 0.3) is 0 Å². The monoisotopic (exact) mass is 326 g/mol. The maximum atomic E-state index is 11.9. The van der Waals surface area contributed by atoms with E-state index in [1.54, 1.807) is 0 Å². The molecule has 126 valence electrons. The number of alkyl carbamates (subject to hydrolysis) is 1. The summed E-state index contributed by atoms with van der Waals surface area (Å²) in [5.74, 6) is 0. The first kappa shape index (κ1) is 16.3. The van der Waals surface area contributed by atoms with Crippen molar-refractivity contribution in [2.45, 2.75) is 25.7 Å². The molecule has 1 heterocycles. The van der Waals surface area contributed by atoms with Crippen LogP contribution in [0.15, 0.2) is 54.6 Å². The minimum atomic E-state index is -0.435. The van der Waals surface area contributed by atoms with Gasteiger partial charge in [0.15, 0.2) is 0 Å². The van der Waals surface area contributed by atoms with E-state index in [0.29, 0.717) is 13.1 Å². The van der Waals surface area contributed by atoms with Crippen molar-refractivity contribution in [3.05, 3.63) is 65.7 Å². The van der Waals surface area contributed by atoms with E-state index in [1.165, 1.54) is 0 Å². The lowest BCUT2D eigenvalue weighted by molar-refractivity contribution is 0.139. The Labute approximate surface area is 141 Å². The molecular weight excluding hydrogens is 304 g/mol. The first-order chi connectivity index (χ1) is 11.7. The molecule has 0 spiro atoms. The summed E-state index contributed by atoms with van der Waals surface area (Å²) in [6, 6.07) is 17.5. The smallest absolute Gasteiger partial charge is 0.407 e. The summed E-state index contributed by atoms with van der Waals surface area (Å²) in [5, 5.41) is 12.5. The molecule has 1 fully saturated rings. The van der Waals surface area contributed by atoms with Crippen molar-refractivity contribution in [3.63, 3.8) is 0 Å². The molecule has 0 bridgehead atoms. The molecule has 24 heavy (non-hydrogen) atoms. The number of carbonyl (C=O) groups is 1. The van der Waals surface area contributed by atoms with Crippen molar-refractivity contribution in [1.82, 2.24) is 5.32 Å². The number of ether oxygens (including phenoxy) is 1. The maximum Gasteiger partial charge on any atom is 0.407 e. The number of hydrogen-bond acceptors (Lipinski definition) is 4. The predicted molar refractivity (Wildman–Crippen MR) is 92.7 cm³/mol. The standard InChI is InChI=1S/C19H22N2O3/c22-17-10-11-21(13-17)18-9-5-4-8-16(18)12-20-19(23)24-14-15-6-2-1-3-7-15/h1-9,17,22H,10-14H2,(H,20,23)/t17-/m1/s1. The zero-order chi connectivity index (χ0) is 16.8. The zero-order valence-electron chi connectivity index (χ0n) is 13.5. The Morgan fingerprint density at radius 2 is 1.92 bits per heavy atom. The molecule has 1 amide bonds. The third-order valence-electron chi connectivity index (χ3n) is 4.13. The molecule has 1 saturated heterocycles. The number of carbonyl (C=O) groups excluding carboxylic acids is 1. The summed E-state index contributed by atoms with van der Waals surface area (Å²) < 4.78 is 5.23. The van der Waals surface area contributed by atoms with Gasteiger partial charge in [0.1, 0.15) is 6.61 Å². The highest BCUT2D eigenvalue weighted by Gasteiger charge is 2.22. The fourth-order valence-corrected chi connectivity index (χ4v) is 2.87. The number of para-hydroxylation sites is 1. The van der Waals surface area contributed by atoms with E-state index in [2.05, 4.69) is 10.2 Å². The van der Waals surface area contributed by atoms with Gasteiger partial charge in [0.25, 0.3) is 0 Å². The van der Waals surface area contributed by atoms with Crippen LogP contribution >= 0.6 is 0 Å². The van der Waals surface area contributed by atoms with Gasteiger partial charge in [0.2, 0.25) is 0 Å². The van der Waals surface area contributed by atoms with E-state index in [4.69, 9.17) is 4.74 Å². The molecule has 2 N–H and O–H groups in total. The minimum Gasteiger partial charge on any atom is -0.445 e. The van der Waals surface area contributed by atoms with Crippen LogP contribution in [0.1, 0.15) is 17.5 Å². The third kappa shape index (κ3) is 4.26. The van der Waals surface area contributed by atoms with Crippen molar-refractivity contribution in [1.29, 1.82) is 0 Å². The quantitative estimate of drug-likeness (QED) is 0.887. The van der Waals surface area contributed by atoms with Crippen molar-refractivity contribution < 1.29 is 14.6 Å². The van der Waals surface area contributed by atoms with Crippen molar-refractivity contribution >= 4 is 11.8 Å². The normalized spacial score (nSPS) is 16.9. The van der Waals surface area contributed by atoms with Gasteiger partial charge in [-0.1, -0.05) is 48.5 Å². The van der Waals surface area contributed by atoms with Gasteiger partial charge in [-0.25, -0.2) is 4.79 Å². The van der Waals surface area contributed by atoms with Crippen LogP contribution in [0, 0.1) is 0 Å². The van der Waals surface area contributed by atoms with Gasteiger partial charge < -0.3 is 20.1 Å². The molecule has 0 unspecified atom stereocenters. The van der Waals surface area contributed by atoms with Gasteiger partial charge in [-0.15, -0.1) is 0 Å². The molecule has 5 nitrogen and oxygen atoms in total. The molecule has 0 aliphatic carbocycles. The van der Waals surface area contributed by atoms with E-state index >= 15 is 0 Å². The summed E-state index contributed by atoms with van der Waals surface area (Å²) in [6.45, 7) is 2.12. The molecule has 0 aromatic heterocycles. The van der Waals surface area contributed by atoms with Gasteiger partial charge in [-0.3, -0.25) is 0 Å². The van der Waals surface area contributed by atoms with Gasteiger partial charge in [0.05, 0.1) is 6.10 Å². The first-order valence-electron chi connectivity index (χ1n) is 8.18. The fraction of sp³-hybridized carbons (Fsp3) is 0.316. The number of nitrogens with one attached hydrogen (secondary N) is 1. The second-order valence-corrected chi connectivity index (χ2v) is 5.93. The fourth-order valence-electron chi connectivity index (χ4n) is 2.87. The number of β-amino-alcohol motifs (C(OH)–C–C–N with tert-alkyl or cyclic N) is 1. The Kier molecular flexibility index (Phi) is 5.33. The summed E-state index contributed by atoms with van der Waals surface area (Å²) in [7, 11) is 0. The maximum absolute atomic E-state index is 11.9. The molecule has 1 aliphatic rings. The predicted octanol–water partition coefficient (Wildman–Crippen LogP) is 2.68. The Balaban J connectivity index is 1.54. The lowest BCUT2D eigenvalue weighted by Crippen LogP contribution is -2.27. The molecule has 5 heteroatoms. The highest BCUT2D eigenvalue weighted by Crippen LogP contribution is 2.24. The van der Waals surface area contributed by atoms with E-state index in [-0.39, 0.29) is 12.7 Å². The largest absolute Gasteiger partial charge is 0.445 e. The molecule has 3 rings (SSSR count). The van der Waals surface area contributed by atoms with Crippen LogP contribution < -0.4 is 10.2 Å². The van der Waals surface area contributed by atoms with Gasteiger partial charge in [-0.05, 0) is 23.6 Å². The van der Waals surface area contributed by atoms with Crippen molar-refractivity contribution in [3.8, 4) is 0 Å². The van der Waals surface area contributed by atoms with Crippen LogP contribution in [0.3, 0.4) is 0 Å². The van der Waals surface area contributed by atoms with E-state index in [1.807, 2.05) is 54.6 Å². The number of rotatable bonds is 5. The molecule has 0 saturated carbocycles. The molecular formula is C19H22N2O3. The average Bonchev–Trinajstić information content (AvgIpc) is 3.05. The SMILES string of the molecule is O=C(NCc1ccccc1N1CC[C@@H](O)C1)OCc1ccccc1. The highest BCUT2D eigenvalue weighted by molar-refractivity contribution is 5.68. The first-order valence-corrected chi connectivity index (χ1v) is 8.18. The van der Waals surface area contributed by atoms with Crippen molar-refractivity contribution in [2.75, 3.05) is 18.0 Å². The number of aliphatic hydroxyl groups excluding tert-OH is 1. The van der Waals surface area contributed by atoms with Gasteiger partial charge >= 0.3 is 6.09 Å². The lowest BCUT2D eigenvalue weighted by atomic mass is 10.1. The van der Waals surface area contributed by atoms with Crippen LogP contribution in [-0.2, 0) is 17.9 Å². The summed E-state index contributed by atoms with van der Waals surface area (Å²) >= 11 is 0. The summed E-state index contributed by atoms with van der Waals surface area (Å²) in [4.78, 5) is 14.0. The minimum absolute atomic E-state index is 0.257. The summed E-state index contributed by atoms with van der Waals surface area (Å²) in [5.41, 5.74) is 3.03. The Bertz CT molecular complexity index is 675. The van der Waals surface area contributed by atoms with Crippen molar-refractivity contribution in [2.24, 2.45) is 0 Å². The second kappa shape index (κ2) is 7.84. The Hall–Kier alpha value is -2.53. The van der Waals surface area contributed by atoms with Crippen LogP contribution in [-0.4, -0.2) is 30.4 Å². The third-order valence-corrected chi connectivity index (χ3v) is 4.13. The topological polar surface area (TPSA) is 61.8 Å². The van der Waals surface area contributed by atoms with E-state index < -0.39 is 6.09 Å². The van der Waals surface area contributed by atoms with Crippen LogP contribution in [0.2, 0.25) is 0 Å². The second-order valence-electron chi connectivity index (χ2n) is 5.93. The summed E-state index contributed by atoms with van der Waals surface area (Å²) in [6.07, 6.45) is 0.0675. The number of aliphatic hydroxyl groups is 1. The van der Waals surface area contributed by atoms with Crippen LogP contribution in [0.4, 0.5) is 10.5 Å². The molecule has 2 aromatic carbocycles. The number of benzene rings is 2. The van der Waals surface area contributed by atoms with Crippen LogP contribution in [0.5, 0.6) is 0 Å². The molecule has 1 aliphatic heterocycles. The number of amides is 1. The number of anilines is 1. The Morgan fingerprint density at radius 3 is 2.67 bits per heavy atom. The number of nitrogens with zero attached hydrogens (tertiary/aromatic N) is 1. The highest BCUT2D eigenvalue weighted by atomic mass is 16.5. The average molecular weight is 326 g/mol. The molecule has 2 aromatic rings. The lowest BCUT2D eigenvalue weighted by Gasteiger charge is -2.21. The zero-order valence-corrected chi connectivity index (χ0v) is 13.5. The molecule has 1 atom stereocenters. The van der Waals surface area contributed by atoms with Gasteiger partial charge in [0, 0.05) is 25.3 Å². The Morgan fingerprint density at radius 1 is 1.17 bits per heavy atom. The molecule has 0 radical (unpaired) electrons. The van der Waals surface area contributed by atoms with Gasteiger partial charge in [-0.2, -0.15) is 0 Å². The van der Waals surface area contributed by atoms with E-state index in [0.717, 1.165) is 29.8 Å². The number of hydrogen-bond donors (Lipinski definition) is 2. The van der Waals surface area contributed by atoms with E-state index in [9.17, 15) is 9.90 Å².